The first-order chi connectivity index (χ1) is 10.5. The third kappa shape index (κ3) is 2.42. The Morgan fingerprint density at radius 1 is 1.41 bits per heavy atom. The van der Waals surface area contributed by atoms with E-state index in [1.54, 1.807) is 0 Å². The van der Waals surface area contributed by atoms with Crippen LogP contribution < -0.4 is 11.4 Å². The van der Waals surface area contributed by atoms with Crippen molar-refractivity contribution in [3.05, 3.63) is 34.2 Å². The van der Waals surface area contributed by atoms with E-state index in [0.29, 0.717) is 5.56 Å². The molecule has 3 rings (SSSR count). The van der Waals surface area contributed by atoms with E-state index in [2.05, 4.69) is 4.98 Å². The molecule has 2 aromatic heterocycles. The molecule has 118 valence electrons. The lowest BCUT2D eigenvalue weighted by Gasteiger charge is -2.18. The molecule has 0 radical (unpaired) electrons. The highest BCUT2D eigenvalue weighted by molar-refractivity contribution is 7.13. The number of hydrogen-bond donors (Lipinski definition) is 4. The van der Waals surface area contributed by atoms with Crippen LogP contribution >= 0.6 is 11.3 Å². The topological polar surface area (TPSA) is 131 Å². The van der Waals surface area contributed by atoms with E-state index in [0.717, 1.165) is 9.44 Å². The van der Waals surface area contributed by atoms with Gasteiger partial charge in [0.05, 0.1) is 12.2 Å². The summed E-state index contributed by atoms with van der Waals surface area (Å²) in [5, 5.41) is 30.8. The molecule has 0 saturated carbocycles. The number of anilines is 1. The quantitative estimate of drug-likeness (QED) is 0.579. The summed E-state index contributed by atoms with van der Waals surface area (Å²) in [6, 6.07) is 3.66. The molecule has 0 unspecified atom stereocenters. The molecule has 0 amide bonds. The fraction of sp³-hybridized carbons (Fsp3) is 0.385. The number of nitrogen functional groups attached to an aromatic ring is 1. The molecule has 9 heteroatoms. The van der Waals surface area contributed by atoms with Crippen molar-refractivity contribution >= 4 is 17.2 Å². The predicted octanol–water partition coefficient (Wildman–Crippen LogP) is -0.834. The lowest BCUT2D eigenvalue weighted by Crippen LogP contribution is -2.36. The first-order valence-electron chi connectivity index (χ1n) is 6.58. The van der Waals surface area contributed by atoms with Crippen molar-refractivity contribution in [3.63, 3.8) is 0 Å². The molecule has 0 aromatic carbocycles. The minimum atomic E-state index is -1.35. The van der Waals surface area contributed by atoms with Crippen LogP contribution in [0.25, 0.3) is 10.4 Å². The molecule has 0 aliphatic carbocycles. The molecule has 1 fully saturated rings. The molecule has 3 heterocycles. The molecule has 0 spiro atoms. The van der Waals surface area contributed by atoms with E-state index in [-0.39, 0.29) is 5.82 Å². The zero-order valence-corrected chi connectivity index (χ0v) is 12.2. The Hall–Kier alpha value is -1.78. The van der Waals surface area contributed by atoms with Gasteiger partial charge in [0.1, 0.15) is 24.1 Å². The van der Waals surface area contributed by atoms with Gasteiger partial charge in [-0.3, -0.25) is 4.57 Å². The standard InChI is InChI=1S/C13H15N3O5S/c14-11-6(8-2-1-3-22-8)4-16(13(20)15-11)12-10(19)9(18)7(5-17)21-12/h1-4,7,9-10,12,17-19H,5H2,(H2,14,15,20)/t7-,9-,10-,12-/m1/s1. The predicted molar refractivity (Wildman–Crippen MR) is 79.2 cm³/mol. The zero-order chi connectivity index (χ0) is 15.9. The summed E-state index contributed by atoms with van der Waals surface area (Å²) >= 11 is 1.43. The maximum atomic E-state index is 12.0. The van der Waals surface area contributed by atoms with Crippen molar-refractivity contribution < 1.29 is 20.1 Å². The monoisotopic (exact) mass is 325 g/mol. The third-order valence-corrected chi connectivity index (χ3v) is 4.46. The average molecular weight is 325 g/mol. The van der Waals surface area contributed by atoms with Crippen molar-refractivity contribution in [3.8, 4) is 10.4 Å². The van der Waals surface area contributed by atoms with Crippen LogP contribution in [0.5, 0.6) is 0 Å². The molecule has 5 N–H and O–H groups in total. The van der Waals surface area contributed by atoms with Gasteiger partial charge < -0.3 is 25.8 Å². The van der Waals surface area contributed by atoms with E-state index in [1.807, 2.05) is 17.5 Å². The van der Waals surface area contributed by atoms with Crippen molar-refractivity contribution in [1.29, 1.82) is 0 Å². The van der Waals surface area contributed by atoms with Crippen LogP contribution in [-0.2, 0) is 4.74 Å². The summed E-state index contributed by atoms with van der Waals surface area (Å²) in [4.78, 5) is 16.6. The van der Waals surface area contributed by atoms with Gasteiger partial charge in [-0.15, -0.1) is 11.3 Å². The number of aliphatic hydroxyl groups is 3. The number of nitrogens with two attached hydrogens (primary N) is 1. The van der Waals surface area contributed by atoms with Crippen molar-refractivity contribution in [2.24, 2.45) is 0 Å². The van der Waals surface area contributed by atoms with Gasteiger partial charge in [0.15, 0.2) is 6.23 Å². The summed E-state index contributed by atoms with van der Waals surface area (Å²) in [5.41, 5.74) is 5.62. The highest BCUT2D eigenvalue weighted by atomic mass is 32.1. The van der Waals surface area contributed by atoms with E-state index in [4.69, 9.17) is 15.6 Å². The van der Waals surface area contributed by atoms with Gasteiger partial charge in [-0.2, -0.15) is 4.98 Å². The molecule has 2 aromatic rings. The van der Waals surface area contributed by atoms with Gasteiger partial charge in [-0.25, -0.2) is 4.79 Å². The van der Waals surface area contributed by atoms with Crippen LogP contribution in [0.3, 0.4) is 0 Å². The molecule has 22 heavy (non-hydrogen) atoms. The summed E-state index contributed by atoms with van der Waals surface area (Å²) in [6.07, 6.45) is -3.29. The van der Waals surface area contributed by atoms with Crippen LogP contribution in [0.2, 0.25) is 0 Å². The van der Waals surface area contributed by atoms with Crippen LogP contribution in [0, 0.1) is 0 Å². The first-order valence-corrected chi connectivity index (χ1v) is 7.46. The number of rotatable bonds is 3. The molecular formula is C13H15N3O5S. The molecule has 4 atom stereocenters. The van der Waals surface area contributed by atoms with Gasteiger partial charge in [-0.05, 0) is 11.4 Å². The van der Waals surface area contributed by atoms with Gasteiger partial charge in [0.2, 0.25) is 0 Å². The van der Waals surface area contributed by atoms with Crippen LogP contribution in [-0.4, -0.2) is 49.8 Å². The molecular weight excluding hydrogens is 310 g/mol. The summed E-state index contributed by atoms with van der Waals surface area (Å²) < 4.78 is 6.43. The number of hydrogen-bond acceptors (Lipinski definition) is 8. The van der Waals surface area contributed by atoms with Gasteiger partial charge >= 0.3 is 5.69 Å². The average Bonchev–Trinajstić information content (AvgIpc) is 3.10. The number of aliphatic hydroxyl groups excluding tert-OH is 3. The highest BCUT2D eigenvalue weighted by Crippen LogP contribution is 2.32. The number of thiophene rings is 1. The fourth-order valence-electron chi connectivity index (χ4n) is 2.40. The Kier molecular flexibility index (Phi) is 3.98. The summed E-state index contributed by atoms with van der Waals surface area (Å²) in [5.74, 6) is 0.0791. The van der Waals surface area contributed by atoms with Crippen LogP contribution in [0.1, 0.15) is 6.23 Å². The van der Waals surface area contributed by atoms with Crippen molar-refractivity contribution in [2.75, 3.05) is 12.3 Å². The smallest absolute Gasteiger partial charge is 0.351 e. The van der Waals surface area contributed by atoms with Crippen LogP contribution in [0.15, 0.2) is 28.5 Å². The second-order valence-corrected chi connectivity index (χ2v) is 5.88. The minimum absolute atomic E-state index is 0.0791. The van der Waals surface area contributed by atoms with E-state index < -0.39 is 36.8 Å². The zero-order valence-electron chi connectivity index (χ0n) is 11.4. The van der Waals surface area contributed by atoms with Crippen molar-refractivity contribution in [2.45, 2.75) is 24.5 Å². The maximum absolute atomic E-state index is 12.0. The SMILES string of the molecule is Nc1nc(=O)n([C@@H]2O[C@H](CO)[C@@H](O)[C@H]2O)cc1-c1cccs1. The molecule has 0 bridgehead atoms. The number of nitrogens with zero attached hydrogens (tertiary/aromatic N) is 2. The van der Waals surface area contributed by atoms with E-state index in [9.17, 15) is 15.0 Å². The molecule has 1 aliphatic rings. The minimum Gasteiger partial charge on any atom is -0.394 e. The third-order valence-electron chi connectivity index (χ3n) is 3.56. The second kappa shape index (κ2) is 5.78. The number of aromatic nitrogens is 2. The first kappa shape index (κ1) is 15.1. The molecule has 1 saturated heterocycles. The van der Waals surface area contributed by atoms with E-state index in [1.165, 1.54) is 17.5 Å². The maximum Gasteiger partial charge on any atom is 0.351 e. The Labute approximate surface area is 129 Å². The molecule has 8 nitrogen and oxygen atoms in total. The Morgan fingerprint density at radius 2 is 2.18 bits per heavy atom. The Bertz CT molecular complexity index is 717. The fourth-order valence-corrected chi connectivity index (χ4v) is 3.14. The highest BCUT2D eigenvalue weighted by Gasteiger charge is 2.43. The van der Waals surface area contributed by atoms with E-state index >= 15 is 0 Å². The normalized spacial score (nSPS) is 28.1. The van der Waals surface area contributed by atoms with Crippen LogP contribution in [0.4, 0.5) is 5.82 Å². The van der Waals surface area contributed by atoms with Crippen molar-refractivity contribution in [1.82, 2.24) is 9.55 Å². The number of ether oxygens (including phenoxy) is 1. The largest absolute Gasteiger partial charge is 0.394 e. The molecule has 1 aliphatic heterocycles. The Morgan fingerprint density at radius 3 is 2.77 bits per heavy atom. The van der Waals surface area contributed by atoms with Gasteiger partial charge in [-0.1, -0.05) is 6.07 Å². The lowest BCUT2D eigenvalue weighted by atomic mass is 10.1. The summed E-state index contributed by atoms with van der Waals surface area (Å²) in [6.45, 7) is -0.469. The Balaban J connectivity index is 2.05. The summed E-state index contributed by atoms with van der Waals surface area (Å²) in [7, 11) is 0. The second-order valence-electron chi connectivity index (χ2n) is 4.94. The van der Waals surface area contributed by atoms with Gasteiger partial charge in [0.25, 0.3) is 0 Å². The lowest BCUT2D eigenvalue weighted by molar-refractivity contribution is -0.0548. The van der Waals surface area contributed by atoms with Gasteiger partial charge in [0, 0.05) is 11.1 Å².